The Morgan fingerprint density at radius 1 is 1.08 bits per heavy atom. The fraction of sp³-hybridized carbons (Fsp3) is 0.333. The zero-order valence-electron chi connectivity index (χ0n) is 14.3. The molecule has 1 unspecified atom stereocenters. The van der Waals surface area contributed by atoms with Gasteiger partial charge in [0.05, 0.1) is 0 Å². The lowest BCUT2D eigenvalue weighted by Crippen LogP contribution is -2.17. The van der Waals surface area contributed by atoms with Gasteiger partial charge in [-0.1, -0.05) is 42.5 Å². The van der Waals surface area contributed by atoms with E-state index in [1.807, 2.05) is 24.3 Å². The van der Waals surface area contributed by atoms with Gasteiger partial charge in [0.2, 0.25) is 0 Å². The molecular formula is C21H24N2O2. The molecule has 0 aromatic heterocycles. The monoisotopic (exact) mass is 336 g/mol. The first-order valence-corrected chi connectivity index (χ1v) is 8.77. The molecule has 2 aromatic rings. The predicted octanol–water partition coefficient (Wildman–Crippen LogP) is 3.34. The van der Waals surface area contributed by atoms with Gasteiger partial charge in [0.15, 0.2) is 0 Å². The van der Waals surface area contributed by atoms with E-state index in [2.05, 4.69) is 18.2 Å². The van der Waals surface area contributed by atoms with Crippen molar-refractivity contribution in [3.05, 3.63) is 70.3 Å². The van der Waals surface area contributed by atoms with Crippen LogP contribution in [-0.4, -0.2) is 16.9 Å². The average molecular weight is 336 g/mol. The van der Waals surface area contributed by atoms with Gasteiger partial charge in [-0.3, -0.25) is 10.2 Å². The number of benzene rings is 2. The largest absolute Gasteiger partial charge is 0.481 e. The lowest BCUT2D eigenvalue weighted by molar-refractivity contribution is -0.138. The Balaban J connectivity index is 1.64. The molecule has 0 heterocycles. The van der Waals surface area contributed by atoms with E-state index in [9.17, 15) is 4.79 Å². The van der Waals surface area contributed by atoms with Crippen LogP contribution < -0.4 is 5.73 Å². The van der Waals surface area contributed by atoms with Gasteiger partial charge < -0.3 is 10.8 Å². The molecule has 0 amide bonds. The van der Waals surface area contributed by atoms with Crippen molar-refractivity contribution in [2.45, 2.75) is 38.5 Å². The van der Waals surface area contributed by atoms with Crippen molar-refractivity contribution in [1.82, 2.24) is 0 Å². The van der Waals surface area contributed by atoms with Crippen LogP contribution in [-0.2, 0) is 30.5 Å². The number of nitrogens with two attached hydrogens (primary N) is 1. The topological polar surface area (TPSA) is 87.2 Å². The maximum Gasteiger partial charge on any atom is 0.303 e. The number of rotatable bonds is 6. The maximum atomic E-state index is 11.0. The molecule has 130 valence electrons. The van der Waals surface area contributed by atoms with E-state index < -0.39 is 5.97 Å². The summed E-state index contributed by atoms with van der Waals surface area (Å²) in [5, 5.41) is 16.4. The van der Waals surface area contributed by atoms with E-state index in [4.69, 9.17) is 16.2 Å². The van der Waals surface area contributed by atoms with Gasteiger partial charge in [0.1, 0.15) is 5.84 Å². The molecule has 0 saturated heterocycles. The number of carbonyl (C=O) groups is 1. The standard InChI is InChI=1S/C21H24N2O2/c22-21(23)18-9-3-14(4-10-18)1-2-15-5-7-17-8-6-16(13-20(24)25)12-19(17)11-15/h3-5,7,9-11,16H,1-2,6,8,12-13H2,(H3,22,23)(H,24,25). The number of carboxylic acids is 1. The minimum absolute atomic E-state index is 0.0946. The number of fused-ring (bicyclic) bond motifs is 1. The van der Waals surface area contributed by atoms with Gasteiger partial charge in [-0.15, -0.1) is 0 Å². The normalized spacial score (nSPS) is 16.2. The first-order valence-electron chi connectivity index (χ1n) is 8.77. The molecular weight excluding hydrogens is 312 g/mol. The fourth-order valence-corrected chi connectivity index (χ4v) is 3.60. The highest BCUT2D eigenvalue weighted by molar-refractivity contribution is 5.94. The smallest absolute Gasteiger partial charge is 0.303 e. The molecule has 1 atom stereocenters. The van der Waals surface area contributed by atoms with Gasteiger partial charge in [-0.05, 0) is 60.3 Å². The highest BCUT2D eigenvalue weighted by Crippen LogP contribution is 2.28. The molecule has 3 rings (SSSR count). The second-order valence-electron chi connectivity index (χ2n) is 6.92. The van der Waals surface area contributed by atoms with Crippen molar-refractivity contribution in [2.75, 3.05) is 0 Å². The van der Waals surface area contributed by atoms with Gasteiger partial charge in [0, 0.05) is 12.0 Å². The molecule has 0 bridgehead atoms. The predicted molar refractivity (Wildman–Crippen MR) is 99.1 cm³/mol. The SMILES string of the molecule is N=C(N)c1ccc(CCc2ccc3c(c2)CC(CC(=O)O)CC3)cc1. The van der Waals surface area contributed by atoms with Gasteiger partial charge in [-0.2, -0.15) is 0 Å². The van der Waals surface area contributed by atoms with E-state index >= 15 is 0 Å². The van der Waals surface area contributed by atoms with Crippen LogP contribution in [0.3, 0.4) is 0 Å². The third kappa shape index (κ3) is 4.47. The van der Waals surface area contributed by atoms with Crippen LogP contribution in [0.5, 0.6) is 0 Å². The summed E-state index contributed by atoms with van der Waals surface area (Å²) in [7, 11) is 0. The van der Waals surface area contributed by atoms with Crippen molar-refractivity contribution in [3.8, 4) is 0 Å². The van der Waals surface area contributed by atoms with Crippen molar-refractivity contribution in [3.63, 3.8) is 0 Å². The average Bonchev–Trinajstić information content (AvgIpc) is 2.59. The summed E-state index contributed by atoms with van der Waals surface area (Å²) in [5.41, 5.74) is 11.5. The Hall–Kier alpha value is -2.62. The Bertz CT molecular complexity index is 781. The molecule has 2 aromatic carbocycles. The molecule has 1 aliphatic rings. The van der Waals surface area contributed by atoms with Crippen LogP contribution in [0.15, 0.2) is 42.5 Å². The van der Waals surface area contributed by atoms with Crippen LogP contribution in [0.25, 0.3) is 0 Å². The fourth-order valence-electron chi connectivity index (χ4n) is 3.60. The second-order valence-corrected chi connectivity index (χ2v) is 6.92. The van der Waals surface area contributed by atoms with Crippen molar-refractivity contribution in [1.29, 1.82) is 5.41 Å². The summed E-state index contributed by atoms with van der Waals surface area (Å²) in [6, 6.07) is 14.5. The summed E-state index contributed by atoms with van der Waals surface area (Å²) >= 11 is 0. The Labute approximate surface area is 148 Å². The van der Waals surface area contributed by atoms with E-state index in [1.165, 1.54) is 22.3 Å². The second kappa shape index (κ2) is 7.51. The van der Waals surface area contributed by atoms with Gasteiger partial charge in [-0.25, -0.2) is 0 Å². The third-order valence-corrected chi connectivity index (χ3v) is 5.03. The minimum atomic E-state index is -0.696. The van der Waals surface area contributed by atoms with E-state index in [0.29, 0.717) is 0 Å². The summed E-state index contributed by atoms with van der Waals surface area (Å²) < 4.78 is 0. The first kappa shape index (κ1) is 17.2. The van der Waals surface area contributed by atoms with E-state index in [-0.39, 0.29) is 18.2 Å². The highest BCUT2D eigenvalue weighted by Gasteiger charge is 2.21. The summed E-state index contributed by atoms with van der Waals surface area (Å²) in [4.78, 5) is 11.0. The number of hydrogen-bond donors (Lipinski definition) is 3. The number of nitrogen functional groups attached to an aromatic ring is 1. The van der Waals surface area contributed by atoms with Crippen molar-refractivity contribution >= 4 is 11.8 Å². The molecule has 0 spiro atoms. The van der Waals surface area contributed by atoms with Crippen LogP contribution in [0.1, 0.15) is 40.7 Å². The number of aliphatic carboxylic acids is 1. The molecule has 0 fully saturated rings. The van der Waals surface area contributed by atoms with Crippen LogP contribution in [0.4, 0.5) is 0 Å². The number of carboxylic acid groups (broad SMARTS) is 1. The number of nitrogens with one attached hydrogen (secondary N) is 1. The van der Waals surface area contributed by atoms with Crippen LogP contribution in [0.2, 0.25) is 0 Å². The summed E-state index contributed by atoms with van der Waals surface area (Å²) in [6.07, 6.45) is 5.00. The number of aryl methyl sites for hydroxylation is 3. The molecule has 0 saturated carbocycles. The Morgan fingerprint density at radius 3 is 2.44 bits per heavy atom. The summed E-state index contributed by atoms with van der Waals surface area (Å²) in [6.45, 7) is 0. The lowest BCUT2D eigenvalue weighted by atomic mass is 9.81. The van der Waals surface area contributed by atoms with Crippen LogP contribution in [0, 0.1) is 11.3 Å². The first-order chi connectivity index (χ1) is 12.0. The zero-order valence-corrected chi connectivity index (χ0v) is 14.3. The third-order valence-electron chi connectivity index (χ3n) is 5.03. The maximum absolute atomic E-state index is 11.0. The molecule has 25 heavy (non-hydrogen) atoms. The van der Waals surface area contributed by atoms with Gasteiger partial charge in [0.25, 0.3) is 0 Å². The van der Waals surface area contributed by atoms with E-state index in [0.717, 1.165) is 37.7 Å². The Morgan fingerprint density at radius 2 is 1.76 bits per heavy atom. The van der Waals surface area contributed by atoms with Crippen LogP contribution >= 0.6 is 0 Å². The molecule has 4 N–H and O–H groups in total. The molecule has 0 aliphatic heterocycles. The highest BCUT2D eigenvalue weighted by atomic mass is 16.4. The molecule has 4 heteroatoms. The number of hydrogen-bond acceptors (Lipinski definition) is 2. The van der Waals surface area contributed by atoms with Gasteiger partial charge >= 0.3 is 5.97 Å². The summed E-state index contributed by atoms with van der Waals surface area (Å²) in [5.74, 6) is -0.338. The number of amidine groups is 1. The zero-order chi connectivity index (χ0) is 17.8. The van der Waals surface area contributed by atoms with E-state index in [1.54, 1.807) is 0 Å². The molecule has 4 nitrogen and oxygen atoms in total. The minimum Gasteiger partial charge on any atom is -0.481 e. The van der Waals surface area contributed by atoms with Crippen molar-refractivity contribution < 1.29 is 9.90 Å². The lowest BCUT2D eigenvalue weighted by Gasteiger charge is -2.24. The Kier molecular flexibility index (Phi) is 5.17. The van der Waals surface area contributed by atoms with Crippen molar-refractivity contribution in [2.24, 2.45) is 11.7 Å². The molecule has 0 radical (unpaired) electrons. The quantitative estimate of drug-likeness (QED) is 0.558. The molecule has 1 aliphatic carbocycles.